The van der Waals surface area contributed by atoms with Gasteiger partial charge in [0.2, 0.25) is 0 Å². The minimum Gasteiger partial charge on any atom is -0.497 e. The van der Waals surface area contributed by atoms with Crippen molar-refractivity contribution in [1.29, 1.82) is 5.26 Å². The van der Waals surface area contributed by atoms with Crippen LogP contribution in [-0.4, -0.2) is 46.0 Å². The summed E-state index contributed by atoms with van der Waals surface area (Å²) in [7, 11) is -0.274. The van der Waals surface area contributed by atoms with Gasteiger partial charge in [-0.3, -0.25) is 0 Å². The van der Waals surface area contributed by atoms with Crippen LogP contribution in [0.4, 0.5) is 5.13 Å². The summed E-state index contributed by atoms with van der Waals surface area (Å²) in [5.41, 5.74) is 2.13. The molecule has 0 amide bonds. The molecule has 3 aromatic rings. The van der Waals surface area contributed by atoms with Gasteiger partial charge in [0, 0.05) is 30.5 Å². The summed E-state index contributed by atoms with van der Waals surface area (Å²) in [6, 6.07) is 14.1. The van der Waals surface area contributed by atoms with Crippen LogP contribution in [0.5, 0.6) is 11.5 Å². The first kappa shape index (κ1) is 23.1. The fourth-order valence-corrected chi connectivity index (χ4v) is 6.84. The summed E-state index contributed by atoms with van der Waals surface area (Å²) in [6.45, 7) is 1.21. The van der Waals surface area contributed by atoms with E-state index < -0.39 is 15.1 Å². The molecule has 4 rings (SSSR count). The molecule has 1 fully saturated rings. The second-order valence-electron chi connectivity index (χ2n) is 7.82. The van der Waals surface area contributed by atoms with E-state index in [1.807, 2.05) is 29.6 Å². The van der Waals surface area contributed by atoms with Gasteiger partial charge in [-0.25, -0.2) is 13.4 Å². The summed E-state index contributed by atoms with van der Waals surface area (Å²) >= 11 is 1.56. The summed E-state index contributed by atoms with van der Waals surface area (Å²) in [5.74, 6) is 1.55. The molecule has 1 aliphatic rings. The van der Waals surface area contributed by atoms with E-state index in [0.29, 0.717) is 32.4 Å². The molecule has 1 saturated heterocycles. The highest BCUT2D eigenvalue weighted by Gasteiger charge is 2.33. The number of sulfone groups is 1. The van der Waals surface area contributed by atoms with E-state index in [-0.39, 0.29) is 10.5 Å². The second-order valence-corrected chi connectivity index (χ2v) is 10.8. The van der Waals surface area contributed by atoms with Crippen molar-refractivity contribution in [2.45, 2.75) is 29.4 Å². The van der Waals surface area contributed by atoms with Gasteiger partial charge in [-0.1, -0.05) is 12.1 Å². The van der Waals surface area contributed by atoms with Crippen molar-refractivity contribution in [2.24, 2.45) is 0 Å². The second kappa shape index (κ2) is 9.81. The number of rotatable bonds is 7. The summed E-state index contributed by atoms with van der Waals surface area (Å²) in [5, 5.41) is 11.7. The zero-order chi connectivity index (χ0) is 23.4. The van der Waals surface area contributed by atoms with Crippen molar-refractivity contribution in [3.05, 3.63) is 64.7 Å². The first-order valence-corrected chi connectivity index (χ1v) is 13.0. The number of thiazole rings is 1. The lowest BCUT2D eigenvalue weighted by Gasteiger charge is -2.31. The normalized spacial score (nSPS) is 14.6. The Morgan fingerprint density at radius 1 is 1.15 bits per heavy atom. The molecule has 0 unspecified atom stereocenters. The maximum absolute atomic E-state index is 13.1. The van der Waals surface area contributed by atoms with Gasteiger partial charge < -0.3 is 14.4 Å². The monoisotopic (exact) mass is 483 g/mol. The van der Waals surface area contributed by atoms with Crippen LogP contribution in [0.2, 0.25) is 0 Å². The van der Waals surface area contributed by atoms with Crippen LogP contribution in [0.15, 0.2) is 52.7 Å². The van der Waals surface area contributed by atoms with Crippen molar-refractivity contribution < 1.29 is 17.9 Å². The van der Waals surface area contributed by atoms with E-state index in [1.54, 1.807) is 43.8 Å². The highest BCUT2D eigenvalue weighted by molar-refractivity contribution is 7.92. The molecule has 0 aliphatic carbocycles. The van der Waals surface area contributed by atoms with E-state index >= 15 is 0 Å². The zero-order valence-corrected chi connectivity index (χ0v) is 20.2. The molecule has 0 bridgehead atoms. The molecule has 0 radical (unpaired) electrons. The largest absolute Gasteiger partial charge is 0.497 e. The van der Waals surface area contributed by atoms with Crippen LogP contribution in [0.3, 0.4) is 0 Å². The summed E-state index contributed by atoms with van der Waals surface area (Å²) < 4.78 is 37.0. The maximum Gasteiger partial charge on any atom is 0.185 e. The highest BCUT2D eigenvalue weighted by atomic mass is 32.2. The first-order valence-electron chi connectivity index (χ1n) is 10.6. The average molecular weight is 484 g/mol. The lowest BCUT2D eigenvalue weighted by Crippen LogP contribution is -2.39. The molecule has 1 aromatic heterocycles. The zero-order valence-electron chi connectivity index (χ0n) is 18.5. The van der Waals surface area contributed by atoms with Gasteiger partial charge in [-0.05, 0) is 43.2 Å². The molecule has 0 N–H and O–H groups in total. The van der Waals surface area contributed by atoms with Crippen molar-refractivity contribution in [1.82, 2.24) is 4.98 Å². The molecule has 2 heterocycles. The topological polar surface area (TPSA) is 92.5 Å². The standard InChI is InChI=1S/C24H25N3O4S2/c1-30-20-7-8-22(31-2)18(14-20)13-19-16-32-24(26-19)27-11-9-21(10-12-27)33(28,29)23-6-4-3-5-17(23)15-25/h3-8,14,16,21H,9-13H2,1-2H3. The number of benzene rings is 2. The van der Waals surface area contributed by atoms with Gasteiger partial charge in [0.15, 0.2) is 15.0 Å². The number of piperidine rings is 1. The number of nitriles is 1. The van der Waals surface area contributed by atoms with Crippen LogP contribution in [-0.2, 0) is 16.3 Å². The molecule has 2 aromatic carbocycles. The van der Waals surface area contributed by atoms with E-state index in [1.165, 1.54) is 6.07 Å². The number of nitrogens with zero attached hydrogens (tertiary/aromatic N) is 3. The number of aromatic nitrogens is 1. The summed E-state index contributed by atoms with van der Waals surface area (Å²) in [6.07, 6.45) is 1.62. The minimum atomic E-state index is -3.55. The smallest absolute Gasteiger partial charge is 0.185 e. The molecule has 7 nitrogen and oxygen atoms in total. The number of hydrogen-bond acceptors (Lipinski definition) is 8. The Morgan fingerprint density at radius 3 is 2.61 bits per heavy atom. The highest BCUT2D eigenvalue weighted by Crippen LogP contribution is 2.32. The maximum atomic E-state index is 13.1. The molecule has 0 spiro atoms. The fraction of sp³-hybridized carbons (Fsp3) is 0.333. The number of anilines is 1. The number of hydrogen-bond donors (Lipinski definition) is 0. The Morgan fingerprint density at radius 2 is 1.91 bits per heavy atom. The first-order chi connectivity index (χ1) is 16.0. The lowest BCUT2D eigenvalue weighted by atomic mass is 10.1. The van der Waals surface area contributed by atoms with Crippen LogP contribution < -0.4 is 14.4 Å². The van der Waals surface area contributed by atoms with Crippen LogP contribution >= 0.6 is 11.3 Å². The van der Waals surface area contributed by atoms with Gasteiger partial charge >= 0.3 is 0 Å². The third-order valence-corrected chi connectivity index (χ3v) is 9.13. The molecular formula is C24H25N3O4S2. The lowest BCUT2D eigenvalue weighted by molar-refractivity contribution is 0.399. The van der Waals surface area contributed by atoms with Crippen LogP contribution in [0, 0.1) is 11.3 Å². The molecule has 1 aliphatic heterocycles. The summed E-state index contributed by atoms with van der Waals surface area (Å²) in [4.78, 5) is 7.06. The Hall–Kier alpha value is -3.09. The van der Waals surface area contributed by atoms with Crippen LogP contribution in [0.25, 0.3) is 0 Å². The molecule has 172 valence electrons. The van der Waals surface area contributed by atoms with Crippen molar-refractivity contribution in [2.75, 3.05) is 32.2 Å². The van der Waals surface area contributed by atoms with E-state index in [0.717, 1.165) is 27.9 Å². The molecular weight excluding hydrogens is 458 g/mol. The third kappa shape index (κ3) is 4.82. The number of methoxy groups -OCH3 is 2. The Bertz CT molecular complexity index is 1270. The SMILES string of the molecule is COc1ccc(OC)c(Cc2csc(N3CCC(S(=O)(=O)c4ccccc4C#N)CC3)n2)c1. The van der Waals surface area contributed by atoms with E-state index in [2.05, 4.69) is 4.90 Å². The van der Waals surface area contributed by atoms with Gasteiger partial charge in [0.25, 0.3) is 0 Å². The van der Waals surface area contributed by atoms with Crippen LogP contribution in [0.1, 0.15) is 29.7 Å². The minimum absolute atomic E-state index is 0.134. The Labute approximate surface area is 198 Å². The third-order valence-electron chi connectivity index (χ3n) is 5.86. The Balaban J connectivity index is 1.44. The molecule has 33 heavy (non-hydrogen) atoms. The van der Waals surface area contributed by atoms with Gasteiger partial charge in [-0.2, -0.15) is 5.26 Å². The fourth-order valence-electron chi connectivity index (χ4n) is 4.08. The van der Waals surface area contributed by atoms with E-state index in [4.69, 9.17) is 14.5 Å². The molecule has 0 saturated carbocycles. The quantitative estimate of drug-likeness (QED) is 0.500. The van der Waals surface area contributed by atoms with Gasteiger partial charge in [-0.15, -0.1) is 11.3 Å². The van der Waals surface area contributed by atoms with Gasteiger partial charge in [0.1, 0.15) is 17.6 Å². The average Bonchev–Trinajstić information content (AvgIpc) is 3.32. The van der Waals surface area contributed by atoms with Crippen molar-refractivity contribution in [3.8, 4) is 17.6 Å². The molecule has 0 atom stereocenters. The predicted octanol–water partition coefficient (Wildman–Crippen LogP) is 4.07. The van der Waals surface area contributed by atoms with Crippen molar-refractivity contribution >= 4 is 26.3 Å². The van der Waals surface area contributed by atoms with Gasteiger partial charge in [0.05, 0.1) is 35.6 Å². The molecule has 9 heteroatoms. The van der Waals surface area contributed by atoms with Crippen molar-refractivity contribution in [3.63, 3.8) is 0 Å². The Kier molecular flexibility index (Phi) is 6.86. The predicted molar refractivity (Wildman–Crippen MR) is 128 cm³/mol. The van der Waals surface area contributed by atoms with E-state index in [9.17, 15) is 13.7 Å². The number of ether oxygens (including phenoxy) is 2.